The van der Waals surface area contributed by atoms with Crippen LogP contribution in [-0.4, -0.2) is 96.5 Å². The van der Waals surface area contributed by atoms with E-state index in [2.05, 4.69) is 26.1 Å². The second-order valence-corrected chi connectivity index (χ2v) is 17.3. The molecule has 0 radical (unpaired) electrons. The van der Waals surface area contributed by atoms with E-state index >= 15 is 0 Å². The first-order chi connectivity index (χ1) is 19.5. The first-order valence-corrected chi connectivity index (χ1v) is 18.1. The second-order valence-electron chi connectivity index (χ2n) is 15.7. The number of rotatable bonds is 12. The number of nitrogens with zero attached hydrogens (tertiary/aromatic N) is 1. The van der Waals surface area contributed by atoms with E-state index in [1.807, 2.05) is 14.1 Å². The standard InChI is InChI=1S/C32H58N2O7S/c1-21(8-11-29(38)33-14-6-15-34(4,5)16-7-17-42(39,40)41)24-9-10-25-30-26(20-28(37)32(24,25)3)31(2)13-12-23(35)18-22(31)19-27(30)36/h21-28,30,35-37H,6-20H2,1-5H3,(H-,33,38,39,40,41)/t21?,22-,23+,24?,25?,26?,27?,28-,30?,31?,32?/m0/s1. The van der Waals surface area contributed by atoms with Crippen molar-refractivity contribution in [2.45, 2.75) is 110 Å². The molecule has 4 saturated carbocycles. The minimum absolute atomic E-state index is 0.0368. The quantitative estimate of drug-likeness (QED) is 0.150. The summed E-state index contributed by atoms with van der Waals surface area (Å²) in [5.41, 5.74) is -0.191. The molecule has 8 unspecified atom stereocenters. The summed E-state index contributed by atoms with van der Waals surface area (Å²) in [6.07, 6.45) is 7.35. The van der Waals surface area contributed by atoms with Crippen LogP contribution in [0.5, 0.6) is 0 Å². The molecule has 4 rings (SSSR count). The maximum absolute atomic E-state index is 12.7. The van der Waals surface area contributed by atoms with Crippen LogP contribution in [0.4, 0.5) is 0 Å². The van der Waals surface area contributed by atoms with Crippen molar-refractivity contribution in [3.63, 3.8) is 0 Å². The Morgan fingerprint density at radius 2 is 1.71 bits per heavy atom. The summed E-state index contributed by atoms with van der Waals surface area (Å²) >= 11 is 0. The minimum Gasteiger partial charge on any atom is -0.748 e. The molecule has 0 heterocycles. The van der Waals surface area contributed by atoms with Crippen molar-refractivity contribution in [1.29, 1.82) is 0 Å². The summed E-state index contributed by atoms with van der Waals surface area (Å²) in [5, 5.41) is 36.6. The zero-order valence-electron chi connectivity index (χ0n) is 26.6. The van der Waals surface area contributed by atoms with Gasteiger partial charge in [-0.1, -0.05) is 20.8 Å². The summed E-state index contributed by atoms with van der Waals surface area (Å²) < 4.78 is 33.1. The Morgan fingerprint density at radius 3 is 2.40 bits per heavy atom. The van der Waals surface area contributed by atoms with E-state index < -0.39 is 16.2 Å². The van der Waals surface area contributed by atoms with Crippen molar-refractivity contribution in [2.24, 2.45) is 46.3 Å². The lowest BCUT2D eigenvalue weighted by molar-refractivity contribution is -0.890. The van der Waals surface area contributed by atoms with E-state index in [1.165, 1.54) is 0 Å². The van der Waals surface area contributed by atoms with Crippen LogP contribution in [0.25, 0.3) is 0 Å². The molecule has 0 aromatic heterocycles. The van der Waals surface area contributed by atoms with Crippen molar-refractivity contribution >= 4 is 16.0 Å². The lowest BCUT2D eigenvalue weighted by Gasteiger charge is -2.63. The molecule has 1 amide bonds. The molecule has 4 N–H and O–H groups in total. The van der Waals surface area contributed by atoms with E-state index in [0.29, 0.717) is 48.2 Å². The topological polar surface area (TPSA) is 147 Å². The number of quaternary nitrogens is 1. The fourth-order valence-electron chi connectivity index (χ4n) is 10.3. The van der Waals surface area contributed by atoms with Gasteiger partial charge in [-0.3, -0.25) is 4.79 Å². The van der Waals surface area contributed by atoms with Crippen molar-refractivity contribution in [1.82, 2.24) is 5.32 Å². The van der Waals surface area contributed by atoms with Crippen LogP contribution in [-0.2, 0) is 14.9 Å². The second kappa shape index (κ2) is 12.9. The Morgan fingerprint density at radius 1 is 1.02 bits per heavy atom. The number of hydrogen-bond acceptors (Lipinski definition) is 7. The van der Waals surface area contributed by atoms with Gasteiger partial charge in [0.1, 0.15) is 0 Å². The number of nitrogens with one attached hydrogen (secondary N) is 1. The number of aliphatic hydroxyl groups is 3. The molecule has 0 aromatic carbocycles. The summed E-state index contributed by atoms with van der Waals surface area (Å²) in [6.45, 7) is 8.78. The van der Waals surface area contributed by atoms with Crippen molar-refractivity contribution < 1.29 is 37.6 Å². The van der Waals surface area contributed by atoms with Crippen LogP contribution in [0.2, 0.25) is 0 Å². The van der Waals surface area contributed by atoms with E-state index in [9.17, 15) is 33.1 Å². The minimum atomic E-state index is -4.18. The third-order valence-corrected chi connectivity index (χ3v) is 13.6. The number of aliphatic hydroxyl groups excluding tert-OH is 3. The molecule has 11 atom stereocenters. The number of carbonyl (C=O) groups excluding carboxylic acids is 1. The Balaban J connectivity index is 1.27. The maximum atomic E-state index is 12.7. The predicted molar refractivity (Wildman–Crippen MR) is 161 cm³/mol. The fourth-order valence-corrected chi connectivity index (χ4v) is 10.8. The normalized spacial score (nSPS) is 41.0. The van der Waals surface area contributed by atoms with Crippen molar-refractivity contribution in [3.8, 4) is 0 Å². The number of fused-ring (bicyclic) bond motifs is 5. The lowest BCUT2D eigenvalue weighted by Crippen LogP contribution is -2.62. The van der Waals surface area contributed by atoms with Crippen LogP contribution in [0.3, 0.4) is 0 Å². The molecule has 4 aliphatic rings. The Bertz CT molecular complexity index is 1050. The molecule has 42 heavy (non-hydrogen) atoms. The number of amides is 1. The number of hydrogen-bond donors (Lipinski definition) is 4. The third kappa shape index (κ3) is 7.20. The molecule has 9 nitrogen and oxygen atoms in total. The largest absolute Gasteiger partial charge is 0.748 e. The van der Waals surface area contributed by atoms with Crippen LogP contribution >= 0.6 is 0 Å². The van der Waals surface area contributed by atoms with Crippen LogP contribution in [0.1, 0.15) is 91.4 Å². The molecule has 0 aromatic rings. The van der Waals surface area contributed by atoms with Crippen molar-refractivity contribution in [2.75, 3.05) is 39.5 Å². The SMILES string of the molecule is CC(CCC(=O)NCCC[N+](C)(C)CCCS(=O)(=O)[O-])C1CCC2C3C(O)C[C@@H]4C[C@H](O)CCC4(C)C3C[C@H](O)C12C. The van der Waals surface area contributed by atoms with Gasteiger partial charge in [0.2, 0.25) is 5.91 Å². The Labute approximate surface area is 254 Å². The summed E-state index contributed by atoms with van der Waals surface area (Å²) in [6, 6.07) is 0. The first kappa shape index (κ1) is 34.1. The average Bonchev–Trinajstić information content (AvgIpc) is 3.24. The van der Waals surface area contributed by atoms with Crippen LogP contribution in [0.15, 0.2) is 0 Å². The summed E-state index contributed by atoms with van der Waals surface area (Å²) in [4.78, 5) is 12.7. The molecule has 10 heteroatoms. The fraction of sp³-hybridized carbons (Fsp3) is 0.969. The predicted octanol–water partition coefficient (Wildman–Crippen LogP) is 2.88. The Kier molecular flexibility index (Phi) is 10.5. The van der Waals surface area contributed by atoms with Gasteiger partial charge in [0.25, 0.3) is 0 Å². The van der Waals surface area contributed by atoms with Gasteiger partial charge >= 0.3 is 0 Å². The number of carbonyl (C=O) groups is 1. The molecule has 244 valence electrons. The van der Waals surface area contributed by atoms with Gasteiger partial charge in [-0.05, 0) is 97.7 Å². The average molecular weight is 615 g/mol. The highest BCUT2D eigenvalue weighted by Crippen LogP contribution is 2.68. The van der Waals surface area contributed by atoms with Gasteiger partial charge < -0.3 is 29.7 Å². The van der Waals surface area contributed by atoms with Crippen molar-refractivity contribution in [3.05, 3.63) is 0 Å². The highest BCUT2D eigenvalue weighted by molar-refractivity contribution is 7.85. The first-order valence-electron chi connectivity index (χ1n) is 16.5. The molecule has 4 aliphatic carbocycles. The molecular formula is C32H58N2O7S. The van der Waals surface area contributed by atoms with Gasteiger partial charge in [-0.15, -0.1) is 0 Å². The summed E-state index contributed by atoms with van der Waals surface area (Å²) in [5.74, 6) is 1.38. The van der Waals surface area contributed by atoms with Gasteiger partial charge in [0.15, 0.2) is 0 Å². The summed E-state index contributed by atoms with van der Waals surface area (Å²) in [7, 11) is -0.177. The highest BCUT2D eigenvalue weighted by atomic mass is 32.2. The van der Waals surface area contributed by atoms with E-state index in [-0.39, 0.29) is 52.5 Å². The van der Waals surface area contributed by atoms with E-state index in [1.54, 1.807) is 0 Å². The van der Waals surface area contributed by atoms with E-state index in [0.717, 1.165) is 64.3 Å². The molecule has 0 bridgehead atoms. The monoisotopic (exact) mass is 614 g/mol. The van der Waals surface area contributed by atoms with Crippen LogP contribution < -0.4 is 5.32 Å². The van der Waals surface area contributed by atoms with Gasteiger partial charge in [-0.2, -0.15) is 0 Å². The van der Waals surface area contributed by atoms with Crippen LogP contribution in [0, 0.1) is 46.3 Å². The van der Waals surface area contributed by atoms with Gasteiger partial charge in [0.05, 0.1) is 55.6 Å². The highest BCUT2D eigenvalue weighted by Gasteiger charge is 2.65. The lowest BCUT2D eigenvalue weighted by atomic mass is 9.43. The molecule has 0 spiro atoms. The molecular weight excluding hydrogens is 556 g/mol. The van der Waals surface area contributed by atoms with Gasteiger partial charge in [-0.25, -0.2) is 8.42 Å². The molecule has 4 fully saturated rings. The molecule has 0 aliphatic heterocycles. The third-order valence-electron chi connectivity index (χ3n) is 12.8. The zero-order valence-corrected chi connectivity index (χ0v) is 27.4. The smallest absolute Gasteiger partial charge is 0.220 e. The zero-order chi connectivity index (χ0) is 31.1. The maximum Gasteiger partial charge on any atom is 0.220 e. The Hall–Kier alpha value is -0.780. The van der Waals surface area contributed by atoms with E-state index in [4.69, 9.17) is 0 Å². The van der Waals surface area contributed by atoms with Gasteiger partial charge in [0, 0.05) is 31.6 Å². The molecule has 0 saturated heterocycles.